The highest BCUT2D eigenvalue weighted by Gasteiger charge is 2.35. The Bertz CT molecular complexity index is 617. The second-order valence-corrected chi connectivity index (χ2v) is 7.46. The fraction of sp³-hybridized carbons (Fsp3) is 0.500. The third-order valence-corrected chi connectivity index (χ3v) is 5.64. The molecule has 2 aliphatic rings. The van der Waals surface area contributed by atoms with Crippen LogP contribution in [0.4, 0.5) is 0 Å². The molecule has 9 heteroatoms. The van der Waals surface area contributed by atoms with E-state index < -0.39 is 12.1 Å². The van der Waals surface area contributed by atoms with Gasteiger partial charge < -0.3 is 20.6 Å². The first-order chi connectivity index (χ1) is 11.6. The van der Waals surface area contributed by atoms with Crippen molar-refractivity contribution in [3.8, 4) is 0 Å². The minimum atomic E-state index is -0.482. The minimum absolute atomic E-state index is 0. The molecular weight excluding hydrogens is 385 g/mol. The summed E-state index contributed by atoms with van der Waals surface area (Å²) < 4.78 is 0. The van der Waals surface area contributed by atoms with Gasteiger partial charge in [-0.25, -0.2) is 0 Å². The lowest BCUT2D eigenvalue weighted by Crippen LogP contribution is -2.48. The Labute approximate surface area is 162 Å². The molecule has 25 heavy (non-hydrogen) atoms. The smallest absolute Gasteiger partial charge is 0.255 e. The maximum Gasteiger partial charge on any atom is 0.255 e. The Kier molecular flexibility index (Phi) is 7.39. The van der Waals surface area contributed by atoms with E-state index >= 15 is 0 Å². The van der Waals surface area contributed by atoms with Crippen LogP contribution in [0.3, 0.4) is 0 Å². The molecule has 3 unspecified atom stereocenters. The average molecular weight is 406 g/mol. The fourth-order valence-electron chi connectivity index (χ4n) is 2.90. The van der Waals surface area contributed by atoms with Gasteiger partial charge in [-0.1, -0.05) is 11.6 Å². The Morgan fingerprint density at radius 3 is 2.68 bits per heavy atom. The van der Waals surface area contributed by atoms with Crippen LogP contribution >= 0.6 is 35.8 Å². The molecule has 0 bridgehead atoms. The van der Waals surface area contributed by atoms with Crippen LogP contribution in [-0.2, 0) is 4.79 Å². The molecule has 0 aromatic heterocycles. The maximum atomic E-state index is 12.6. The van der Waals surface area contributed by atoms with Gasteiger partial charge in [-0.3, -0.25) is 9.59 Å². The largest absolute Gasteiger partial charge is 0.391 e. The molecule has 138 valence electrons. The SMILES string of the molecule is Cl.O=C(NCC1CNCC1O)C1CSCN1C(=O)c1ccc(Cl)cc1. The number of hydrogen-bond acceptors (Lipinski definition) is 5. The van der Waals surface area contributed by atoms with E-state index in [0.29, 0.717) is 41.8 Å². The Morgan fingerprint density at radius 1 is 1.32 bits per heavy atom. The highest BCUT2D eigenvalue weighted by atomic mass is 35.5. The number of thioether (sulfide) groups is 1. The van der Waals surface area contributed by atoms with Gasteiger partial charge in [0.1, 0.15) is 6.04 Å². The predicted molar refractivity (Wildman–Crippen MR) is 101 cm³/mol. The second-order valence-electron chi connectivity index (χ2n) is 6.03. The summed E-state index contributed by atoms with van der Waals surface area (Å²) in [6.07, 6.45) is -0.435. The molecule has 0 aliphatic carbocycles. The lowest BCUT2D eigenvalue weighted by molar-refractivity contribution is -0.124. The van der Waals surface area contributed by atoms with Crippen molar-refractivity contribution in [1.29, 1.82) is 0 Å². The van der Waals surface area contributed by atoms with Crippen molar-refractivity contribution in [2.75, 3.05) is 31.3 Å². The van der Waals surface area contributed by atoms with Crippen LogP contribution in [0.2, 0.25) is 5.02 Å². The monoisotopic (exact) mass is 405 g/mol. The van der Waals surface area contributed by atoms with Gasteiger partial charge in [0.15, 0.2) is 0 Å². The van der Waals surface area contributed by atoms with Gasteiger partial charge in [-0.15, -0.1) is 24.2 Å². The van der Waals surface area contributed by atoms with Crippen LogP contribution in [0.1, 0.15) is 10.4 Å². The van der Waals surface area contributed by atoms with Crippen molar-refractivity contribution in [2.45, 2.75) is 12.1 Å². The van der Waals surface area contributed by atoms with E-state index in [1.807, 2.05) is 0 Å². The molecule has 0 radical (unpaired) electrons. The van der Waals surface area contributed by atoms with Gasteiger partial charge in [0.2, 0.25) is 5.91 Å². The Morgan fingerprint density at radius 2 is 2.04 bits per heavy atom. The van der Waals surface area contributed by atoms with Gasteiger partial charge >= 0.3 is 0 Å². The normalized spacial score (nSPS) is 25.5. The molecule has 2 amide bonds. The van der Waals surface area contributed by atoms with Gasteiger partial charge in [0.05, 0.1) is 12.0 Å². The zero-order valence-corrected chi connectivity index (χ0v) is 15.9. The molecule has 3 N–H and O–H groups in total. The first kappa shape index (κ1) is 20.3. The molecular formula is C16H21Cl2N3O3S. The molecule has 2 heterocycles. The van der Waals surface area contributed by atoms with Crippen molar-refractivity contribution < 1.29 is 14.7 Å². The summed E-state index contributed by atoms with van der Waals surface area (Å²) in [5.41, 5.74) is 0.523. The predicted octanol–water partition coefficient (Wildman–Crippen LogP) is 0.973. The summed E-state index contributed by atoms with van der Waals surface area (Å²) in [4.78, 5) is 26.7. The van der Waals surface area contributed by atoms with E-state index in [2.05, 4.69) is 10.6 Å². The van der Waals surface area contributed by atoms with Crippen molar-refractivity contribution in [2.24, 2.45) is 5.92 Å². The fourth-order valence-corrected chi connectivity index (χ4v) is 4.18. The highest BCUT2D eigenvalue weighted by Crippen LogP contribution is 2.24. The molecule has 0 spiro atoms. The number of β-amino-alcohol motifs (C(OH)–C–C–N with tert-alkyl or cyclic N) is 1. The minimum Gasteiger partial charge on any atom is -0.391 e. The van der Waals surface area contributed by atoms with Crippen LogP contribution in [0.15, 0.2) is 24.3 Å². The van der Waals surface area contributed by atoms with Crippen LogP contribution < -0.4 is 10.6 Å². The topological polar surface area (TPSA) is 81.7 Å². The summed E-state index contributed by atoms with van der Waals surface area (Å²) in [7, 11) is 0. The van der Waals surface area contributed by atoms with Crippen LogP contribution in [0.5, 0.6) is 0 Å². The molecule has 2 aliphatic heterocycles. The number of aliphatic hydroxyl groups is 1. The zero-order valence-electron chi connectivity index (χ0n) is 13.5. The molecule has 0 saturated carbocycles. The van der Waals surface area contributed by atoms with Crippen molar-refractivity contribution in [1.82, 2.24) is 15.5 Å². The number of carbonyl (C=O) groups excluding carboxylic acids is 2. The summed E-state index contributed by atoms with van der Waals surface area (Å²) >= 11 is 7.41. The number of nitrogens with zero attached hydrogens (tertiary/aromatic N) is 1. The molecule has 1 aromatic carbocycles. The van der Waals surface area contributed by atoms with E-state index in [9.17, 15) is 14.7 Å². The number of benzene rings is 1. The quantitative estimate of drug-likeness (QED) is 0.695. The zero-order chi connectivity index (χ0) is 17.1. The van der Waals surface area contributed by atoms with Crippen molar-refractivity contribution in [3.63, 3.8) is 0 Å². The number of aliphatic hydroxyl groups excluding tert-OH is 1. The number of amides is 2. The lowest BCUT2D eigenvalue weighted by atomic mass is 10.1. The summed E-state index contributed by atoms with van der Waals surface area (Å²) in [6, 6.07) is 6.19. The van der Waals surface area contributed by atoms with E-state index in [1.54, 1.807) is 40.9 Å². The van der Waals surface area contributed by atoms with Gasteiger partial charge in [-0.2, -0.15) is 0 Å². The first-order valence-corrected chi connectivity index (χ1v) is 9.40. The van der Waals surface area contributed by atoms with Crippen molar-refractivity contribution in [3.05, 3.63) is 34.9 Å². The van der Waals surface area contributed by atoms with Gasteiger partial charge in [0, 0.05) is 41.9 Å². The number of nitrogens with one attached hydrogen (secondary N) is 2. The molecule has 6 nitrogen and oxygen atoms in total. The third kappa shape index (κ3) is 4.80. The number of halogens is 2. The summed E-state index contributed by atoms with van der Waals surface area (Å²) in [5.74, 6) is 0.758. The van der Waals surface area contributed by atoms with Gasteiger partial charge in [-0.05, 0) is 24.3 Å². The molecule has 2 fully saturated rings. The van der Waals surface area contributed by atoms with E-state index in [4.69, 9.17) is 11.6 Å². The molecule has 1 aromatic rings. The van der Waals surface area contributed by atoms with Crippen LogP contribution in [0, 0.1) is 5.92 Å². The Hall–Kier alpha value is -0.990. The molecule has 2 saturated heterocycles. The third-order valence-electron chi connectivity index (χ3n) is 4.38. The van der Waals surface area contributed by atoms with Crippen molar-refractivity contribution >= 4 is 47.6 Å². The van der Waals surface area contributed by atoms with Crippen LogP contribution in [0.25, 0.3) is 0 Å². The highest BCUT2D eigenvalue weighted by molar-refractivity contribution is 7.99. The lowest BCUT2D eigenvalue weighted by Gasteiger charge is -2.24. The second kappa shape index (κ2) is 9.09. The van der Waals surface area contributed by atoms with E-state index in [0.717, 1.165) is 0 Å². The Balaban J connectivity index is 0.00000225. The maximum absolute atomic E-state index is 12.6. The van der Waals surface area contributed by atoms with E-state index in [-0.39, 0.29) is 30.1 Å². The number of carbonyl (C=O) groups is 2. The summed E-state index contributed by atoms with van der Waals surface area (Å²) in [6.45, 7) is 1.66. The summed E-state index contributed by atoms with van der Waals surface area (Å²) in [5, 5.41) is 16.3. The standard InChI is InChI=1S/C16H20ClN3O3S.ClH/c17-12-3-1-10(2-4-12)16(23)20-9-24-8-13(20)15(22)19-6-11-5-18-7-14(11)21;/h1-4,11,13-14,18,21H,5-9H2,(H,19,22);1H. The van der Waals surface area contributed by atoms with E-state index in [1.165, 1.54) is 0 Å². The molecule has 3 atom stereocenters. The number of rotatable bonds is 4. The average Bonchev–Trinajstić information content (AvgIpc) is 3.21. The van der Waals surface area contributed by atoms with Gasteiger partial charge in [0.25, 0.3) is 5.91 Å². The molecule has 3 rings (SSSR count). The first-order valence-electron chi connectivity index (χ1n) is 7.87. The number of hydrogen-bond donors (Lipinski definition) is 3. The van der Waals surface area contributed by atoms with Crippen LogP contribution in [-0.4, -0.2) is 65.2 Å².